The number of rotatable bonds is 7. The first-order valence-electron chi connectivity index (χ1n) is 9.45. The predicted octanol–water partition coefficient (Wildman–Crippen LogP) is 3.44. The molecule has 2 aromatic carbocycles. The van der Waals surface area contributed by atoms with Crippen LogP contribution >= 0.6 is 0 Å². The molecule has 2 aromatic heterocycles. The summed E-state index contributed by atoms with van der Waals surface area (Å²) in [4.78, 5) is 15.3. The van der Waals surface area contributed by atoms with E-state index in [4.69, 9.17) is 0 Å². The summed E-state index contributed by atoms with van der Waals surface area (Å²) in [6.45, 7) is 1.20. The number of hydrogen-bond donors (Lipinski definition) is 3. The number of H-pyrrole nitrogens is 1. The Kier molecular flexibility index (Phi) is 5.38. The molecule has 0 spiro atoms. The van der Waals surface area contributed by atoms with Crippen molar-refractivity contribution in [3.8, 4) is 5.69 Å². The third-order valence-electron chi connectivity index (χ3n) is 4.76. The lowest BCUT2D eigenvalue weighted by molar-refractivity contribution is 0.241. The first-order valence-corrected chi connectivity index (χ1v) is 9.45. The normalized spacial score (nSPS) is 10.9. The van der Waals surface area contributed by atoms with Gasteiger partial charge in [0, 0.05) is 42.6 Å². The van der Waals surface area contributed by atoms with Gasteiger partial charge in [-0.05, 0) is 48.2 Å². The van der Waals surface area contributed by atoms with Gasteiger partial charge >= 0.3 is 6.03 Å². The number of amides is 2. The lowest BCUT2D eigenvalue weighted by atomic mass is 10.1. The fraction of sp³-hybridized carbons (Fsp3) is 0.182. The quantitative estimate of drug-likeness (QED) is 0.464. The average molecular weight is 373 g/mol. The number of aromatic amines is 1. The Bertz CT molecular complexity index is 1030. The number of aromatic nitrogens is 3. The summed E-state index contributed by atoms with van der Waals surface area (Å²) in [7, 11) is 0. The summed E-state index contributed by atoms with van der Waals surface area (Å²) >= 11 is 0. The molecule has 2 heterocycles. The molecule has 6 heteroatoms. The lowest BCUT2D eigenvalue weighted by Gasteiger charge is -2.08. The Morgan fingerprint density at radius 3 is 2.54 bits per heavy atom. The van der Waals surface area contributed by atoms with Crippen molar-refractivity contribution < 1.29 is 4.79 Å². The number of hydrogen-bond acceptors (Lipinski definition) is 2. The molecule has 4 aromatic rings. The first-order chi connectivity index (χ1) is 13.8. The van der Waals surface area contributed by atoms with E-state index in [0.717, 1.165) is 24.0 Å². The van der Waals surface area contributed by atoms with Crippen molar-refractivity contribution in [2.75, 3.05) is 13.1 Å². The molecule has 0 bridgehead atoms. The number of para-hydroxylation sites is 1. The minimum absolute atomic E-state index is 0.131. The second-order valence-electron chi connectivity index (χ2n) is 6.66. The van der Waals surface area contributed by atoms with Gasteiger partial charge in [0.1, 0.15) is 0 Å². The Morgan fingerprint density at radius 1 is 0.964 bits per heavy atom. The maximum Gasteiger partial charge on any atom is 0.314 e. The van der Waals surface area contributed by atoms with Crippen LogP contribution in [0.5, 0.6) is 0 Å². The fourth-order valence-corrected chi connectivity index (χ4v) is 3.27. The van der Waals surface area contributed by atoms with Gasteiger partial charge in [-0.25, -0.2) is 9.48 Å². The number of benzene rings is 2. The van der Waals surface area contributed by atoms with Gasteiger partial charge in [0.05, 0.1) is 5.69 Å². The monoisotopic (exact) mass is 373 g/mol. The van der Waals surface area contributed by atoms with Crippen molar-refractivity contribution in [2.24, 2.45) is 0 Å². The molecule has 0 aliphatic rings. The smallest absolute Gasteiger partial charge is 0.314 e. The highest BCUT2D eigenvalue weighted by Gasteiger charge is 2.04. The zero-order valence-electron chi connectivity index (χ0n) is 15.6. The zero-order chi connectivity index (χ0) is 19.2. The third kappa shape index (κ3) is 4.23. The molecule has 3 N–H and O–H groups in total. The molecule has 0 saturated heterocycles. The SMILES string of the molecule is O=C(NCCc1ccc(-n2cccn2)cc1)NCCc1c[nH]c2ccccc12. The lowest BCUT2D eigenvalue weighted by Crippen LogP contribution is -2.37. The van der Waals surface area contributed by atoms with E-state index in [-0.39, 0.29) is 6.03 Å². The van der Waals surface area contributed by atoms with E-state index < -0.39 is 0 Å². The van der Waals surface area contributed by atoms with Crippen molar-refractivity contribution in [1.82, 2.24) is 25.4 Å². The zero-order valence-corrected chi connectivity index (χ0v) is 15.6. The van der Waals surface area contributed by atoms with Gasteiger partial charge in [-0.3, -0.25) is 0 Å². The van der Waals surface area contributed by atoms with Crippen LogP contribution in [0.2, 0.25) is 0 Å². The summed E-state index contributed by atoms with van der Waals surface area (Å²) in [5.74, 6) is 0. The third-order valence-corrected chi connectivity index (χ3v) is 4.76. The molecular formula is C22H23N5O. The fourth-order valence-electron chi connectivity index (χ4n) is 3.27. The second-order valence-corrected chi connectivity index (χ2v) is 6.66. The highest BCUT2D eigenvalue weighted by Crippen LogP contribution is 2.17. The highest BCUT2D eigenvalue weighted by atomic mass is 16.2. The van der Waals surface area contributed by atoms with Crippen LogP contribution in [-0.4, -0.2) is 33.9 Å². The topological polar surface area (TPSA) is 74.7 Å². The summed E-state index contributed by atoms with van der Waals surface area (Å²) < 4.78 is 1.82. The number of fused-ring (bicyclic) bond motifs is 1. The van der Waals surface area contributed by atoms with Gasteiger partial charge in [-0.2, -0.15) is 5.10 Å². The Balaban J connectivity index is 1.18. The van der Waals surface area contributed by atoms with E-state index in [2.05, 4.69) is 45.0 Å². The van der Waals surface area contributed by atoms with Crippen molar-refractivity contribution in [2.45, 2.75) is 12.8 Å². The van der Waals surface area contributed by atoms with Crippen LogP contribution in [0.3, 0.4) is 0 Å². The van der Waals surface area contributed by atoms with Gasteiger partial charge in [0.15, 0.2) is 0 Å². The molecular weight excluding hydrogens is 350 g/mol. The van der Waals surface area contributed by atoms with Gasteiger partial charge in [-0.1, -0.05) is 30.3 Å². The van der Waals surface area contributed by atoms with E-state index in [1.807, 2.05) is 47.4 Å². The highest BCUT2D eigenvalue weighted by molar-refractivity contribution is 5.83. The summed E-state index contributed by atoms with van der Waals surface area (Å²) in [6, 6.07) is 18.1. The number of nitrogens with one attached hydrogen (secondary N) is 3. The molecule has 0 aliphatic carbocycles. The van der Waals surface area contributed by atoms with Crippen LogP contribution in [-0.2, 0) is 12.8 Å². The maximum atomic E-state index is 12.0. The predicted molar refractivity (Wildman–Crippen MR) is 111 cm³/mol. The summed E-state index contributed by atoms with van der Waals surface area (Å²) in [5, 5.41) is 11.3. The van der Waals surface area contributed by atoms with E-state index in [1.165, 1.54) is 16.5 Å². The Morgan fingerprint density at radius 2 is 1.75 bits per heavy atom. The van der Waals surface area contributed by atoms with Crippen molar-refractivity contribution in [3.63, 3.8) is 0 Å². The van der Waals surface area contributed by atoms with E-state index in [0.29, 0.717) is 13.1 Å². The van der Waals surface area contributed by atoms with E-state index in [1.54, 1.807) is 6.20 Å². The van der Waals surface area contributed by atoms with Gasteiger partial charge in [0.2, 0.25) is 0 Å². The molecule has 142 valence electrons. The van der Waals surface area contributed by atoms with Crippen molar-refractivity contribution >= 4 is 16.9 Å². The van der Waals surface area contributed by atoms with Crippen LogP contribution in [0.4, 0.5) is 4.79 Å². The molecule has 0 fully saturated rings. The molecule has 0 saturated carbocycles. The molecule has 0 aliphatic heterocycles. The molecule has 0 atom stereocenters. The minimum Gasteiger partial charge on any atom is -0.361 e. The van der Waals surface area contributed by atoms with Gasteiger partial charge in [-0.15, -0.1) is 0 Å². The summed E-state index contributed by atoms with van der Waals surface area (Å²) in [5.41, 5.74) is 4.54. The number of nitrogens with zero attached hydrogens (tertiary/aromatic N) is 2. The Hall–Kier alpha value is -3.54. The van der Waals surface area contributed by atoms with E-state index >= 15 is 0 Å². The van der Waals surface area contributed by atoms with E-state index in [9.17, 15) is 4.79 Å². The second kappa shape index (κ2) is 8.43. The molecule has 0 radical (unpaired) electrons. The van der Waals surface area contributed by atoms with Crippen LogP contribution in [0.25, 0.3) is 16.6 Å². The van der Waals surface area contributed by atoms with Crippen LogP contribution in [0.15, 0.2) is 73.2 Å². The van der Waals surface area contributed by atoms with Gasteiger partial charge < -0.3 is 15.6 Å². The number of carbonyl (C=O) groups excluding carboxylic acids is 1. The van der Waals surface area contributed by atoms with Crippen molar-refractivity contribution in [3.05, 3.63) is 84.3 Å². The van der Waals surface area contributed by atoms with Crippen molar-refractivity contribution in [1.29, 1.82) is 0 Å². The molecule has 2 amide bonds. The largest absolute Gasteiger partial charge is 0.361 e. The molecule has 28 heavy (non-hydrogen) atoms. The summed E-state index contributed by atoms with van der Waals surface area (Å²) in [6.07, 6.45) is 7.27. The maximum absolute atomic E-state index is 12.0. The first kappa shape index (κ1) is 17.9. The average Bonchev–Trinajstić information content (AvgIpc) is 3.39. The standard InChI is InChI=1S/C22H23N5O/c28-22(24-14-11-18-16-25-21-5-2-1-4-20(18)21)23-13-10-17-6-8-19(9-7-17)27-15-3-12-26-27/h1-9,12,15-16,25H,10-11,13-14H2,(H2,23,24,28). The van der Waals surface area contributed by atoms with Gasteiger partial charge in [0.25, 0.3) is 0 Å². The molecule has 6 nitrogen and oxygen atoms in total. The van der Waals surface area contributed by atoms with Crippen LogP contribution in [0, 0.1) is 0 Å². The van der Waals surface area contributed by atoms with Crippen LogP contribution in [0.1, 0.15) is 11.1 Å². The molecule has 4 rings (SSSR count). The number of carbonyl (C=O) groups is 1. The molecule has 0 unspecified atom stereocenters. The minimum atomic E-state index is -0.131. The number of urea groups is 1. The van der Waals surface area contributed by atoms with Crippen LogP contribution < -0.4 is 10.6 Å². The Labute approximate surface area is 163 Å².